The SMILES string of the molecule is CC.CCC.O=C(O)CCc1ccccc1. The molecule has 92 valence electrons. The Kier molecular flexibility index (Phi) is 14.6. The van der Waals surface area contributed by atoms with E-state index in [2.05, 4.69) is 13.8 Å². The lowest BCUT2D eigenvalue weighted by Gasteiger charge is -1.95. The maximum absolute atomic E-state index is 10.2. The molecule has 0 aliphatic rings. The van der Waals surface area contributed by atoms with Crippen molar-refractivity contribution >= 4 is 5.97 Å². The molecule has 1 aromatic rings. The lowest BCUT2D eigenvalue weighted by molar-refractivity contribution is -0.136. The third-order valence-corrected chi connectivity index (χ3v) is 1.47. The molecule has 2 nitrogen and oxygen atoms in total. The van der Waals surface area contributed by atoms with Crippen LogP contribution in [0.1, 0.15) is 46.1 Å². The van der Waals surface area contributed by atoms with Gasteiger partial charge in [-0.1, -0.05) is 64.4 Å². The van der Waals surface area contributed by atoms with Crippen LogP contribution in [0.3, 0.4) is 0 Å². The van der Waals surface area contributed by atoms with Gasteiger partial charge in [0.1, 0.15) is 0 Å². The number of rotatable bonds is 3. The van der Waals surface area contributed by atoms with Crippen LogP contribution in [0.25, 0.3) is 0 Å². The summed E-state index contributed by atoms with van der Waals surface area (Å²) >= 11 is 0. The summed E-state index contributed by atoms with van der Waals surface area (Å²) in [4.78, 5) is 10.2. The van der Waals surface area contributed by atoms with Crippen LogP contribution in [0.2, 0.25) is 0 Å². The molecule has 0 aliphatic heterocycles. The second-order valence-corrected chi connectivity index (χ2v) is 3.09. The van der Waals surface area contributed by atoms with Crippen molar-refractivity contribution in [3.05, 3.63) is 35.9 Å². The predicted octanol–water partition coefficient (Wildman–Crippen LogP) is 4.15. The Morgan fingerprint density at radius 3 is 1.94 bits per heavy atom. The largest absolute Gasteiger partial charge is 0.481 e. The standard InChI is InChI=1S/C9H10O2.C3H8.C2H6/c10-9(11)7-6-8-4-2-1-3-5-8;1-3-2;1-2/h1-5H,6-7H2,(H,10,11);3H2,1-2H3;1-2H3. The zero-order valence-electron chi connectivity index (χ0n) is 10.9. The fourth-order valence-corrected chi connectivity index (χ4v) is 0.896. The zero-order valence-corrected chi connectivity index (χ0v) is 10.9. The van der Waals surface area contributed by atoms with Crippen LogP contribution in [0.5, 0.6) is 0 Å². The first kappa shape index (κ1) is 17.1. The Labute approximate surface area is 99.3 Å². The molecule has 0 amide bonds. The molecule has 0 aromatic heterocycles. The van der Waals surface area contributed by atoms with Gasteiger partial charge in [0.15, 0.2) is 0 Å². The quantitative estimate of drug-likeness (QED) is 0.837. The van der Waals surface area contributed by atoms with E-state index >= 15 is 0 Å². The summed E-state index contributed by atoms with van der Waals surface area (Å²) in [5, 5.41) is 8.37. The molecule has 1 N–H and O–H groups in total. The van der Waals surface area contributed by atoms with Gasteiger partial charge in [0.05, 0.1) is 0 Å². The Balaban J connectivity index is 0. The highest BCUT2D eigenvalue weighted by molar-refractivity contribution is 5.67. The Hall–Kier alpha value is -1.31. The van der Waals surface area contributed by atoms with Crippen molar-refractivity contribution in [3.8, 4) is 0 Å². The van der Waals surface area contributed by atoms with E-state index in [1.54, 1.807) is 0 Å². The van der Waals surface area contributed by atoms with Crippen molar-refractivity contribution in [2.24, 2.45) is 0 Å². The van der Waals surface area contributed by atoms with Gasteiger partial charge >= 0.3 is 5.97 Å². The number of hydrogen-bond donors (Lipinski definition) is 1. The average molecular weight is 224 g/mol. The molecular weight excluding hydrogens is 200 g/mol. The summed E-state index contributed by atoms with van der Waals surface area (Å²) in [6.07, 6.45) is 2.08. The van der Waals surface area contributed by atoms with E-state index in [4.69, 9.17) is 5.11 Å². The molecule has 0 radical (unpaired) electrons. The molecule has 0 atom stereocenters. The van der Waals surface area contributed by atoms with Gasteiger partial charge in [-0.3, -0.25) is 4.79 Å². The topological polar surface area (TPSA) is 37.3 Å². The molecule has 1 rings (SSSR count). The van der Waals surface area contributed by atoms with E-state index in [0.29, 0.717) is 6.42 Å². The lowest BCUT2D eigenvalue weighted by Crippen LogP contribution is -1.96. The van der Waals surface area contributed by atoms with Crippen molar-refractivity contribution in [2.75, 3.05) is 0 Å². The van der Waals surface area contributed by atoms with Crippen molar-refractivity contribution in [1.82, 2.24) is 0 Å². The highest BCUT2D eigenvalue weighted by atomic mass is 16.4. The fourth-order valence-electron chi connectivity index (χ4n) is 0.896. The van der Waals surface area contributed by atoms with E-state index in [1.165, 1.54) is 6.42 Å². The van der Waals surface area contributed by atoms with Gasteiger partial charge in [0, 0.05) is 6.42 Å². The molecule has 0 spiro atoms. The summed E-state index contributed by atoms with van der Waals surface area (Å²) in [7, 11) is 0. The molecule has 2 heteroatoms. The molecular formula is C14H24O2. The lowest BCUT2D eigenvalue weighted by atomic mass is 10.1. The second-order valence-electron chi connectivity index (χ2n) is 3.09. The Morgan fingerprint density at radius 2 is 1.56 bits per heavy atom. The van der Waals surface area contributed by atoms with Crippen LogP contribution in [-0.4, -0.2) is 11.1 Å². The zero-order chi connectivity index (χ0) is 12.8. The van der Waals surface area contributed by atoms with Crippen LogP contribution in [-0.2, 0) is 11.2 Å². The first-order valence-corrected chi connectivity index (χ1v) is 5.96. The maximum Gasteiger partial charge on any atom is 0.303 e. The molecule has 0 unspecified atom stereocenters. The minimum atomic E-state index is -0.742. The highest BCUT2D eigenvalue weighted by Crippen LogP contribution is 2.01. The van der Waals surface area contributed by atoms with Gasteiger partial charge in [0.25, 0.3) is 0 Å². The average Bonchev–Trinajstić information content (AvgIpc) is 2.31. The Morgan fingerprint density at radius 1 is 1.12 bits per heavy atom. The number of carbonyl (C=O) groups is 1. The van der Waals surface area contributed by atoms with Gasteiger partial charge in [-0.05, 0) is 12.0 Å². The second kappa shape index (κ2) is 13.7. The van der Waals surface area contributed by atoms with Crippen LogP contribution in [0, 0.1) is 0 Å². The maximum atomic E-state index is 10.2. The van der Waals surface area contributed by atoms with E-state index < -0.39 is 5.97 Å². The van der Waals surface area contributed by atoms with Crippen molar-refractivity contribution in [1.29, 1.82) is 0 Å². The number of hydrogen-bond acceptors (Lipinski definition) is 1. The third-order valence-electron chi connectivity index (χ3n) is 1.47. The molecule has 0 fully saturated rings. The van der Waals surface area contributed by atoms with Crippen LogP contribution in [0.4, 0.5) is 0 Å². The molecule has 1 aromatic carbocycles. The van der Waals surface area contributed by atoms with Gasteiger partial charge in [-0.15, -0.1) is 0 Å². The summed E-state index contributed by atoms with van der Waals surface area (Å²) in [6.45, 7) is 8.25. The normalized spacial score (nSPS) is 8.00. The smallest absolute Gasteiger partial charge is 0.303 e. The van der Waals surface area contributed by atoms with Gasteiger partial charge < -0.3 is 5.11 Å². The number of aryl methyl sites for hydroxylation is 1. The minimum absolute atomic E-state index is 0.212. The summed E-state index contributed by atoms with van der Waals surface area (Å²) in [6, 6.07) is 9.62. The first-order valence-electron chi connectivity index (χ1n) is 5.96. The van der Waals surface area contributed by atoms with Crippen LogP contribution in [0.15, 0.2) is 30.3 Å². The highest BCUT2D eigenvalue weighted by Gasteiger charge is 1.96. The van der Waals surface area contributed by atoms with E-state index in [9.17, 15) is 4.79 Å². The van der Waals surface area contributed by atoms with E-state index in [-0.39, 0.29) is 6.42 Å². The van der Waals surface area contributed by atoms with E-state index in [0.717, 1.165) is 5.56 Å². The Bertz CT molecular complexity index is 242. The van der Waals surface area contributed by atoms with Crippen molar-refractivity contribution < 1.29 is 9.90 Å². The number of aliphatic carboxylic acids is 1. The van der Waals surface area contributed by atoms with Gasteiger partial charge in [0.2, 0.25) is 0 Å². The van der Waals surface area contributed by atoms with E-state index in [1.807, 2.05) is 44.2 Å². The molecule has 0 aliphatic carbocycles. The van der Waals surface area contributed by atoms with Gasteiger partial charge in [-0.2, -0.15) is 0 Å². The van der Waals surface area contributed by atoms with Crippen molar-refractivity contribution in [3.63, 3.8) is 0 Å². The number of benzene rings is 1. The molecule has 0 bridgehead atoms. The minimum Gasteiger partial charge on any atom is -0.481 e. The molecule has 0 saturated carbocycles. The number of carboxylic acids is 1. The fraction of sp³-hybridized carbons (Fsp3) is 0.500. The monoisotopic (exact) mass is 224 g/mol. The van der Waals surface area contributed by atoms with Crippen molar-refractivity contribution in [2.45, 2.75) is 47.0 Å². The summed E-state index contributed by atoms with van der Waals surface area (Å²) in [5.41, 5.74) is 1.08. The first-order chi connectivity index (χ1) is 7.70. The van der Waals surface area contributed by atoms with Gasteiger partial charge in [-0.25, -0.2) is 0 Å². The summed E-state index contributed by atoms with van der Waals surface area (Å²) < 4.78 is 0. The predicted molar refractivity (Wildman–Crippen MR) is 69.7 cm³/mol. The molecule has 16 heavy (non-hydrogen) atoms. The molecule has 0 heterocycles. The van der Waals surface area contributed by atoms with Crippen LogP contribution < -0.4 is 0 Å². The third kappa shape index (κ3) is 12.7. The number of carboxylic acid groups (broad SMARTS) is 1. The summed E-state index contributed by atoms with van der Waals surface area (Å²) in [5.74, 6) is -0.742. The molecule has 0 saturated heterocycles. The van der Waals surface area contributed by atoms with Crippen LogP contribution >= 0.6 is 0 Å².